The van der Waals surface area contributed by atoms with Crippen molar-refractivity contribution in [3.63, 3.8) is 0 Å². The molecule has 1 saturated carbocycles. The van der Waals surface area contributed by atoms with Gasteiger partial charge in [-0.05, 0) is 31.4 Å². The van der Waals surface area contributed by atoms with Gasteiger partial charge >= 0.3 is 0 Å². The highest BCUT2D eigenvalue weighted by molar-refractivity contribution is 6.00. The average molecular weight is 368 g/mol. The Kier molecular flexibility index (Phi) is 6.30. The van der Waals surface area contributed by atoms with Crippen LogP contribution in [-0.4, -0.2) is 31.0 Å². The zero-order valence-electron chi connectivity index (χ0n) is 14.5. The van der Waals surface area contributed by atoms with Crippen molar-refractivity contribution >= 4 is 35.6 Å². The summed E-state index contributed by atoms with van der Waals surface area (Å²) in [6.07, 6.45) is 5.98. The second-order valence-electron chi connectivity index (χ2n) is 6.71. The largest absolute Gasteiger partial charge is 0.494 e. The highest BCUT2D eigenvalue weighted by Crippen LogP contribution is 2.34. The second-order valence-corrected chi connectivity index (χ2v) is 6.71. The second kappa shape index (κ2) is 8.06. The Hall–Kier alpha value is -1.79. The standard InChI is InChI=1S/C18H25N3O3.ClH/c1-24-15-12-13(7-8-14(15)21-11-5-6-16(21)22)20-17(23)18(19)9-3-2-4-10-18;/h7-8,12H,2-6,9-11,19H2,1H3,(H,20,23);1H. The van der Waals surface area contributed by atoms with E-state index in [-0.39, 0.29) is 24.2 Å². The van der Waals surface area contributed by atoms with Crippen molar-refractivity contribution in [2.75, 3.05) is 23.9 Å². The van der Waals surface area contributed by atoms with E-state index in [9.17, 15) is 9.59 Å². The summed E-state index contributed by atoms with van der Waals surface area (Å²) in [7, 11) is 1.57. The van der Waals surface area contributed by atoms with Crippen molar-refractivity contribution in [2.24, 2.45) is 5.73 Å². The van der Waals surface area contributed by atoms with E-state index in [0.717, 1.165) is 44.2 Å². The van der Waals surface area contributed by atoms with Gasteiger partial charge < -0.3 is 20.7 Å². The summed E-state index contributed by atoms with van der Waals surface area (Å²) in [6, 6.07) is 5.38. The number of hydrogen-bond acceptors (Lipinski definition) is 4. The van der Waals surface area contributed by atoms with E-state index >= 15 is 0 Å². The minimum atomic E-state index is -0.783. The van der Waals surface area contributed by atoms with Crippen molar-refractivity contribution in [1.29, 1.82) is 0 Å². The molecular formula is C18H26ClN3O3. The molecule has 6 nitrogen and oxygen atoms in total. The van der Waals surface area contributed by atoms with Crippen molar-refractivity contribution < 1.29 is 14.3 Å². The maximum Gasteiger partial charge on any atom is 0.244 e. The fraction of sp³-hybridized carbons (Fsp3) is 0.556. The number of nitrogens with one attached hydrogen (secondary N) is 1. The van der Waals surface area contributed by atoms with E-state index in [2.05, 4.69) is 5.32 Å². The molecule has 0 atom stereocenters. The molecule has 2 aliphatic rings. The van der Waals surface area contributed by atoms with Gasteiger partial charge in [0.25, 0.3) is 0 Å². The average Bonchev–Trinajstić information content (AvgIpc) is 3.01. The molecule has 25 heavy (non-hydrogen) atoms. The highest BCUT2D eigenvalue weighted by atomic mass is 35.5. The number of benzene rings is 1. The number of hydrogen-bond donors (Lipinski definition) is 2. The Labute approximate surface area is 154 Å². The lowest BCUT2D eigenvalue weighted by molar-refractivity contribution is -0.122. The quantitative estimate of drug-likeness (QED) is 0.856. The van der Waals surface area contributed by atoms with Crippen LogP contribution in [0.3, 0.4) is 0 Å². The number of carbonyl (C=O) groups is 2. The zero-order chi connectivity index (χ0) is 17.2. The van der Waals surface area contributed by atoms with Gasteiger partial charge in [0.2, 0.25) is 11.8 Å². The van der Waals surface area contributed by atoms with Crippen molar-refractivity contribution in [3.05, 3.63) is 18.2 Å². The first-order chi connectivity index (χ1) is 11.5. The summed E-state index contributed by atoms with van der Waals surface area (Å²) in [4.78, 5) is 26.2. The van der Waals surface area contributed by atoms with E-state index in [1.54, 1.807) is 24.1 Å². The molecule has 0 spiro atoms. The Morgan fingerprint density at radius 3 is 2.56 bits per heavy atom. The fourth-order valence-electron chi connectivity index (χ4n) is 3.55. The number of ether oxygens (including phenoxy) is 1. The monoisotopic (exact) mass is 367 g/mol. The lowest BCUT2D eigenvalue weighted by Crippen LogP contribution is -2.52. The maximum atomic E-state index is 12.5. The van der Waals surface area contributed by atoms with Crippen LogP contribution >= 0.6 is 12.4 Å². The van der Waals surface area contributed by atoms with Gasteiger partial charge in [-0.25, -0.2) is 0 Å². The van der Waals surface area contributed by atoms with E-state index < -0.39 is 5.54 Å². The van der Waals surface area contributed by atoms with E-state index in [4.69, 9.17) is 10.5 Å². The molecule has 0 bridgehead atoms. The van der Waals surface area contributed by atoms with Crippen LogP contribution < -0.4 is 20.7 Å². The highest BCUT2D eigenvalue weighted by Gasteiger charge is 2.35. The summed E-state index contributed by atoms with van der Waals surface area (Å²) in [6.45, 7) is 0.701. The molecule has 2 amide bonds. The number of nitrogens with two attached hydrogens (primary N) is 1. The van der Waals surface area contributed by atoms with Gasteiger partial charge in [-0.2, -0.15) is 0 Å². The normalized spacial score (nSPS) is 19.3. The summed E-state index contributed by atoms with van der Waals surface area (Å²) in [5, 5.41) is 2.91. The topological polar surface area (TPSA) is 84.7 Å². The predicted molar refractivity (Wildman–Crippen MR) is 100 cm³/mol. The molecule has 0 aromatic heterocycles. The third-order valence-corrected chi connectivity index (χ3v) is 5.00. The molecule has 1 saturated heterocycles. The Morgan fingerprint density at radius 1 is 1.24 bits per heavy atom. The summed E-state index contributed by atoms with van der Waals surface area (Å²) >= 11 is 0. The SMILES string of the molecule is COc1cc(NC(=O)C2(N)CCCCC2)ccc1N1CCCC1=O.Cl. The van der Waals surface area contributed by atoms with E-state index in [1.807, 2.05) is 6.07 Å². The van der Waals surface area contributed by atoms with Gasteiger partial charge in [-0.3, -0.25) is 9.59 Å². The number of nitrogens with zero attached hydrogens (tertiary/aromatic N) is 1. The summed E-state index contributed by atoms with van der Waals surface area (Å²) in [5.41, 5.74) is 6.88. The van der Waals surface area contributed by atoms with Crippen LogP contribution in [0, 0.1) is 0 Å². The zero-order valence-corrected chi connectivity index (χ0v) is 15.4. The van der Waals surface area contributed by atoms with Gasteiger partial charge in [-0.15, -0.1) is 12.4 Å². The molecule has 0 radical (unpaired) electrons. The number of carbonyl (C=O) groups excluding carboxylic acids is 2. The Balaban J connectivity index is 0.00000225. The van der Waals surface area contributed by atoms with E-state index in [1.165, 1.54) is 0 Å². The molecular weight excluding hydrogens is 342 g/mol. The van der Waals surface area contributed by atoms with Crippen LogP contribution in [0.4, 0.5) is 11.4 Å². The minimum Gasteiger partial charge on any atom is -0.494 e. The summed E-state index contributed by atoms with van der Waals surface area (Å²) < 4.78 is 5.42. The Morgan fingerprint density at radius 2 is 1.96 bits per heavy atom. The van der Waals surface area contributed by atoms with Crippen LogP contribution in [-0.2, 0) is 9.59 Å². The molecule has 138 valence electrons. The number of rotatable bonds is 4. The molecule has 1 aromatic rings. The van der Waals surface area contributed by atoms with Crippen molar-refractivity contribution in [3.8, 4) is 5.75 Å². The molecule has 7 heteroatoms. The van der Waals surface area contributed by atoms with E-state index in [0.29, 0.717) is 24.4 Å². The third kappa shape index (κ3) is 4.07. The molecule has 1 aliphatic carbocycles. The smallest absolute Gasteiger partial charge is 0.244 e. The molecule has 3 rings (SSSR count). The molecule has 3 N–H and O–H groups in total. The molecule has 1 aliphatic heterocycles. The molecule has 1 aromatic carbocycles. The van der Waals surface area contributed by atoms with Crippen LogP contribution in [0.2, 0.25) is 0 Å². The van der Waals surface area contributed by atoms with Gasteiger partial charge in [0.1, 0.15) is 5.75 Å². The number of amides is 2. The predicted octanol–water partition coefficient (Wildman–Crippen LogP) is 2.84. The first kappa shape index (κ1) is 19.5. The lowest BCUT2D eigenvalue weighted by atomic mass is 9.82. The maximum absolute atomic E-state index is 12.5. The fourth-order valence-corrected chi connectivity index (χ4v) is 3.55. The lowest BCUT2D eigenvalue weighted by Gasteiger charge is -2.31. The van der Waals surface area contributed by atoms with Crippen LogP contribution in [0.1, 0.15) is 44.9 Å². The first-order valence-electron chi connectivity index (χ1n) is 8.62. The van der Waals surface area contributed by atoms with Gasteiger partial charge in [0.15, 0.2) is 0 Å². The minimum absolute atomic E-state index is 0. The number of halogens is 1. The Bertz CT molecular complexity index is 644. The van der Waals surface area contributed by atoms with Gasteiger partial charge in [0, 0.05) is 24.7 Å². The molecule has 2 fully saturated rings. The summed E-state index contributed by atoms with van der Waals surface area (Å²) in [5.74, 6) is 0.542. The molecule has 0 unspecified atom stereocenters. The van der Waals surface area contributed by atoms with Crippen molar-refractivity contribution in [2.45, 2.75) is 50.5 Å². The van der Waals surface area contributed by atoms with Crippen molar-refractivity contribution in [1.82, 2.24) is 0 Å². The van der Waals surface area contributed by atoms with Gasteiger partial charge in [-0.1, -0.05) is 19.3 Å². The first-order valence-corrected chi connectivity index (χ1v) is 8.62. The third-order valence-electron chi connectivity index (χ3n) is 5.00. The number of anilines is 2. The molecule has 1 heterocycles. The van der Waals surface area contributed by atoms with Crippen LogP contribution in [0.25, 0.3) is 0 Å². The number of methoxy groups -OCH3 is 1. The van der Waals surface area contributed by atoms with Gasteiger partial charge in [0.05, 0.1) is 18.3 Å². The van der Waals surface area contributed by atoms with Crippen LogP contribution in [0.5, 0.6) is 5.75 Å². The van der Waals surface area contributed by atoms with Crippen LogP contribution in [0.15, 0.2) is 18.2 Å².